The summed E-state index contributed by atoms with van der Waals surface area (Å²) >= 11 is 0. The van der Waals surface area contributed by atoms with Crippen LogP contribution < -0.4 is 10.1 Å². The monoisotopic (exact) mass is 283 g/mol. The molecule has 2 unspecified atom stereocenters. The third kappa shape index (κ3) is 2.47. The van der Waals surface area contributed by atoms with Crippen molar-refractivity contribution >= 4 is 12.4 Å². The number of ether oxygens (including phenoxy) is 2. The predicted octanol–water partition coefficient (Wildman–Crippen LogP) is 2.87. The summed E-state index contributed by atoms with van der Waals surface area (Å²) in [5.74, 6) is 0.974. The van der Waals surface area contributed by atoms with Crippen molar-refractivity contribution in [3.05, 3.63) is 29.8 Å². The molecule has 1 aliphatic heterocycles. The Balaban J connectivity index is 0.00000133. The maximum Gasteiger partial charge on any atom is 0.124 e. The van der Waals surface area contributed by atoms with Crippen LogP contribution in [0.15, 0.2) is 24.3 Å². The van der Waals surface area contributed by atoms with Crippen LogP contribution in [0.2, 0.25) is 0 Å². The summed E-state index contributed by atoms with van der Waals surface area (Å²) in [6, 6.07) is 8.35. The molecule has 0 bridgehead atoms. The number of benzene rings is 1. The highest BCUT2D eigenvalue weighted by Crippen LogP contribution is 2.43. The van der Waals surface area contributed by atoms with Gasteiger partial charge in [0, 0.05) is 12.1 Å². The van der Waals surface area contributed by atoms with E-state index in [4.69, 9.17) is 9.47 Å². The second kappa shape index (κ2) is 6.12. The molecule has 3 rings (SSSR count). The van der Waals surface area contributed by atoms with Crippen molar-refractivity contribution in [2.24, 2.45) is 0 Å². The topological polar surface area (TPSA) is 30.5 Å². The van der Waals surface area contributed by atoms with E-state index in [0.717, 1.165) is 31.7 Å². The third-order valence-electron chi connectivity index (χ3n) is 4.29. The van der Waals surface area contributed by atoms with Gasteiger partial charge in [0.2, 0.25) is 0 Å². The molecule has 0 aromatic heterocycles. The number of fused-ring (bicyclic) bond motifs is 1. The zero-order chi connectivity index (χ0) is 12.4. The Morgan fingerprint density at radius 2 is 2.16 bits per heavy atom. The molecule has 1 saturated carbocycles. The first-order chi connectivity index (χ1) is 8.87. The summed E-state index contributed by atoms with van der Waals surface area (Å²) < 4.78 is 11.6. The van der Waals surface area contributed by atoms with Crippen molar-refractivity contribution in [1.29, 1.82) is 0 Å². The van der Waals surface area contributed by atoms with Gasteiger partial charge in [0.25, 0.3) is 0 Å². The van der Waals surface area contributed by atoms with Crippen molar-refractivity contribution < 1.29 is 9.47 Å². The first-order valence-electron chi connectivity index (χ1n) is 6.87. The van der Waals surface area contributed by atoms with Crippen molar-refractivity contribution in [3.63, 3.8) is 0 Å². The Hall–Kier alpha value is -0.770. The lowest BCUT2D eigenvalue weighted by Crippen LogP contribution is -2.59. The number of para-hydroxylation sites is 1. The lowest BCUT2D eigenvalue weighted by atomic mass is 9.73. The standard InChI is InChI=1S/C15H21NO2.ClH/c1-17-13-7-3-2-6-12(13)15-9-5-4-8-14(15)18-11-10-16-15;/h2-3,6-7,14,16H,4-5,8-11H2,1H3;1H. The van der Waals surface area contributed by atoms with Gasteiger partial charge >= 0.3 is 0 Å². The van der Waals surface area contributed by atoms with E-state index in [0.29, 0.717) is 0 Å². The summed E-state index contributed by atoms with van der Waals surface area (Å²) in [6.45, 7) is 1.75. The van der Waals surface area contributed by atoms with E-state index in [-0.39, 0.29) is 24.0 Å². The van der Waals surface area contributed by atoms with E-state index < -0.39 is 0 Å². The fourth-order valence-electron chi connectivity index (χ4n) is 3.46. The Morgan fingerprint density at radius 3 is 3.00 bits per heavy atom. The molecule has 1 aliphatic carbocycles. The van der Waals surface area contributed by atoms with Crippen LogP contribution in [0.25, 0.3) is 0 Å². The van der Waals surface area contributed by atoms with Gasteiger partial charge in [-0.15, -0.1) is 12.4 Å². The number of methoxy groups -OCH3 is 1. The average Bonchev–Trinajstić information content (AvgIpc) is 2.47. The van der Waals surface area contributed by atoms with Crippen LogP contribution in [0.4, 0.5) is 0 Å². The highest BCUT2D eigenvalue weighted by Gasteiger charge is 2.46. The summed E-state index contributed by atoms with van der Waals surface area (Å²) in [7, 11) is 1.75. The average molecular weight is 284 g/mol. The fraction of sp³-hybridized carbons (Fsp3) is 0.600. The maximum atomic E-state index is 6.02. The molecule has 2 aliphatic rings. The second-order valence-corrected chi connectivity index (χ2v) is 5.20. The Labute approximate surface area is 121 Å². The summed E-state index contributed by atoms with van der Waals surface area (Å²) in [6.07, 6.45) is 5.09. The molecule has 0 spiro atoms. The molecule has 1 aromatic rings. The molecule has 19 heavy (non-hydrogen) atoms. The summed E-state index contributed by atoms with van der Waals surface area (Å²) in [4.78, 5) is 0. The van der Waals surface area contributed by atoms with Crippen molar-refractivity contribution in [2.75, 3.05) is 20.3 Å². The first kappa shape index (κ1) is 14.6. The van der Waals surface area contributed by atoms with Gasteiger partial charge in [-0.2, -0.15) is 0 Å². The molecule has 2 fully saturated rings. The molecule has 0 amide bonds. The number of nitrogens with one attached hydrogen (secondary N) is 1. The lowest BCUT2D eigenvalue weighted by molar-refractivity contribution is -0.0763. The minimum atomic E-state index is -0.0386. The van der Waals surface area contributed by atoms with E-state index in [1.807, 2.05) is 12.1 Å². The van der Waals surface area contributed by atoms with E-state index in [2.05, 4.69) is 17.4 Å². The molecule has 1 heterocycles. The van der Waals surface area contributed by atoms with Gasteiger partial charge in [-0.05, 0) is 18.9 Å². The van der Waals surface area contributed by atoms with E-state index in [9.17, 15) is 0 Å². The normalized spacial score (nSPS) is 30.1. The maximum absolute atomic E-state index is 6.02. The molecule has 3 nitrogen and oxygen atoms in total. The van der Waals surface area contributed by atoms with Crippen LogP contribution in [-0.2, 0) is 10.3 Å². The summed E-state index contributed by atoms with van der Waals surface area (Å²) in [5.41, 5.74) is 1.22. The minimum absolute atomic E-state index is 0. The Bertz CT molecular complexity index is 412. The number of hydrogen-bond acceptors (Lipinski definition) is 3. The number of hydrogen-bond donors (Lipinski definition) is 1. The van der Waals surface area contributed by atoms with Gasteiger partial charge in [-0.1, -0.05) is 31.0 Å². The van der Waals surface area contributed by atoms with Gasteiger partial charge in [-0.25, -0.2) is 0 Å². The van der Waals surface area contributed by atoms with Crippen LogP contribution in [0.3, 0.4) is 0 Å². The van der Waals surface area contributed by atoms with Crippen molar-refractivity contribution in [2.45, 2.75) is 37.3 Å². The van der Waals surface area contributed by atoms with Crippen LogP contribution in [0.5, 0.6) is 5.75 Å². The van der Waals surface area contributed by atoms with Crippen LogP contribution >= 0.6 is 12.4 Å². The Morgan fingerprint density at radius 1 is 1.32 bits per heavy atom. The predicted molar refractivity (Wildman–Crippen MR) is 78.1 cm³/mol. The Kier molecular flexibility index (Phi) is 4.71. The van der Waals surface area contributed by atoms with Crippen LogP contribution in [0, 0.1) is 0 Å². The van der Waals surface area contributed by atoms with Crippen LogP contribution in [0.1, 0.15) is 31.2 Å². The number of morpholine rings is 1. The molecular formula is C15H22ClNO2. The molecular weight excluding hydrogens is 262 g/mol. The van der Waals surface area contributed by atoms with Gasteiger partial charge in [0.1, 0.15) is 5.75 Å². The largest absolute Gasteiger partial charge is 0.496 e. The van der Waals surface area contributed by atoms with Gasteiger partial charge in [0.05, 0.1) is 25.4 Å². The zero-order valence-electron chi connectivity index (χ0n) is 11.4. The smallest absolute Gasteiger partial charge is 0.124 e. The third-order valence-corrected chi connectivity index (χ3v) is 4.29. The zero-order valence-corrected chi connectivity index (χ0v) is 12.2. The SMILES string of the molecule is COc1ccccc1C12CCCCC1OCCN2.Cl. The van der Waals surface area contributed by atoms with E-state index in [1.54, 1.807) is 7.11 Å². The van der Waals surface area contributed by atoms with E-state index >= 15 is 0 Å². The van der Waals surface area contributed by atoms with Gasteiger partial charge in [-0.3, -0.25) is 0 Å². The summed E-state index contributed by atoms with van der Waals surface area (Å²) in [5, 5.41) is 3.72. The fourth-order valence-corrected chi connectivity index (χ4v) is 3.46. The van der Waals surface area contributed by atoms with Crippen LogP contribution in [-0.4, -0.2) is 26.4 Å². The van der Waals surface area contributed by atoms with E-state index in [1.165, 1.54) is 18.4 Å². The highest BCUT2D eigenvalue weighted by molar-refractivity contribution is 5.85. The first-order valence-corrected chi connectivity index (χ1v) is 6.87. The molecule has 1 saturated heterocycles. The molecule has 106 valence electrons. The molecule has 4 heteroatoms. The quantitative estimate of drug-likeness (QED) is 0.905. The minimum Gasteiger partial charge on any atom is -0.496 e. The number of halogens is 1. The van der Waals surface area contributed by atoms with Crippen molar-refractivity contribution in [3.8, 4) is 5.75 Å². The molecule has 1 N–H and O–H groups in total. The second-order valence-electron chi connectivity index (χ2n) is 5.20. The highest BCUT2D eigenvalue weighted by atomic mass is 35.5. The van der Waals surface area contributed by atoms with Gasteiger partial charge < -0.3 is 14.8 Å². The van der Waals surface area contributed by atoms with Crippen molar-refractivity contribution in [1.82, 2.24) is 5.32 Å². The molecule has 0 radical (unpaired) electrons. The lowest BCUT2D eigenvalue weighted by Gasteiger charge is -2.48. The molecule has 1 aromatic carbocycles. The number of rotatable bonds is 2. The van der Waals surface area contributed by atoms with Gasteiger partial charge in [0.15, 0.2) is 0 Å². The molecule has 2 atom stereocenters.